The van der Waals surface area contributed by atoms with E-state index in [-0.39, 0.29) is 23.1 Å². The Morgan fingerprint density at radius 1 is 1.16 bits per heavy atom. The summed E-state index contributed by atoms with van der Waals surface area (Å²) in [6.45, 7) is 3.28. The van der Waals surface area contributed by atoms with Crippen molar-refractivity contribution in [3.8, 4) is 5.75 Å². The number of nitrogens with zero attached hydrogens (tertiary/aromatic N) is 1. The summed E-state index contributed by atoms with van der Waals surface area (Å²) >= 11 is 11.9. The van der Waals surface area contributed by atoms with Crippen LogP contribution in [0.3, 0.4) is 0 Å². The molecule has 3 amide bonds. The Hall–Kier alpha value is -3.10. The van der Waals surface area contributed by atoms with Gasteiger partial charge in [-0.15, -0.1) is 0 Å². The van der Waals surface area contributed by atoms with Crippen LogP contribution in [-0.2, 0) is 9.59 Å². The molecule has 0 spiro atoms. The molecule has 0 aromatic heterocycles. The molecule has 0 aliphatic heterocycles. The zero-order valence-electron chi connectivity index (χ0n) is 16.9. The molecule has 0 fully saturated rings. The van der Waals surface area contributed by atoms with E-state index >= 15 is 0 Å². The first-order chi connectivity index (χ1) is 14.7. The lowest BCUT2D eigenvalue weighted by Gasteiger charge is -2.20. The Bertz CT molecular complexity index is 995. The van der Waals surface area contributed by atoms with Crippen LogP contribution in [0.15, 0.2) is 47.6 Å². The van der Waals surface area contributed by atoms with Gasteiger partial charge in [0.2, 0.25) is 0 Å². The molecule has 0 saturated carbocycles. The lowest BCUT2D eigenvalue weighted by molar-refractivity contribution is -0.124. The maximum absolute atomic E-state index is 12.6. The molecule has 0 aliphatic rings. The van der Waals surface area contributed by atoms with E-state index in [1.807, 2.05) is 0 Å². The lowest BCUT2D eigenvalue weighted by atomic mass is 10.0. The first-order valence-electron chi connectivity index (χ1n) is 9.28. The number of hydrogen-bond acceptors (Lipinski definition) is 5. The van der Waals surface area contributed by atoms with Gasteiger partial charge in [0.1, 0.15) is 11.8 Å². The number of amides is 3. The largest absolute Gasteiger partial charge is 0.483 e. The van der Waals surface area contributed by atoms with E-state index in [1.165, 1.54) is 24.4 Å². The van der Waals surface area contributed by atoms with Crippen molar-refractivity contribution in [2.45, 2.75) is 19.9 Å². The highest BCUT2D eigenvalue weighted by atomic mass is 35.5. The van der Waals surface area contributed by atoms with Crippen LogP contribution in [-0.4, -0.2) is 36.6 Å². The summed E-state index contributed by atoms with van der Waals surface area (Å²) < 4.78 is 5.31. The van der Waals surface area contributed by atoms with Crippen LogP contribution in [0.4, 0.5) is 0 Å². The van der Waals surface area contributed by atoms with Gasteiger partial charge in [0.25, 0.3) is 17.7 Å². The van der Waals surface area contributed by atoms with Gasteiger partial charge in [0, 0.05) is 10.6 Å². The van der Waals surface area contributed by atoms with Gasteiger partial charge in [-0.25, -0.2) is 5.43 Å². The van der Waals surface area contributed by atoms with Crippen molar-refractivity contribution in [1.29, 1.82) is 0 Å². The average molecular weight is 465 g/mol. The minimum atomic E-state index is -0.863. The van der Waals surface area contributed by atoms with Crippen molar-refractivity contribution < 1.29 is 19.1 Å². The van der Waals surface area contributed by atoms with Crippen molar-refractivity contribution in [3.05, 3.63) is 63.6 Å². The Labute approximate surface area is 189 Å². The number of rotatable bonds is 9. The molecule has 1 atom stereocenters. The van der Waals surface area contributed by atoms with Gasteiger partial charge in [-0.2, -0.15) is 5.10 Å². The minimum Gasteiger partial charge on any atom is -0.483 e. The summed E-state index contributed by atoms with van der Waals surface area (Å²) in [5, 5.41) is 7.16. The van der Waals surface area contributed by atoms with E-state index in [0.29, 0.717) is 16.3 Å². The Balaban J connectivity index is 2.06. The number of halogens is 2. The summed E-state index contributed by atoms with van der Waals surface area (Å²) in [6, 6.07) is 10.4. The third-order valence-electron chi connectivity index (χ3n) is 4.08. The summed E-state index contributed by atoms with van der Waals surface area (Å²) in [7, 11) is 0. The number of hydrazone groups is 1. The smallest absolute Gasteiger partial charge is 0.262 e. The summed E-state index contributed by atoms with van der Waals surface area (Å²) in [4.78, 5) is 36.1. The van der Waals surface area contributed by atoms with Crippen LogP contribution in [0.1, 0.15) is 29.8 Å². The van der Waals surface area contributed by atoms with Crippen LogP contribution < -0.4 is 21.2 Å². The fourth-order valence-electron chi connectivity index (χ4n) is 2.53. The molecule has 2 rings (SSSR count). The Morgan fingerprint density at radius 2 is 1.87 bits per heavy atom. The molecular formula is C21H22Cl2N4O4. The Morgan fingerprint density at radius 3 is 2.52 bits per heavy atom. The summed E-state index contributed by atoms with van der Waals surface area (Å²) in [5.74, 6) is -1.48. The molecule has 31 heavy (non-hydrogen) atoms. The number of hydrogen-bond donors (Lipinski definition) is 3. The van der Waals surface area contributed by atoms with E-state index in [1.54, 1.807) is 38.1 Å². The Kier molecular flexibility index (Phi) is 8.84. The van der Waals surface area contributed by atoms with Crippen molar-refractivity contribution >= 4 is 47.1 Å². The topological polar surface area (TPSA) is 123 Å². The molecule has 1 unspecified atom stereocenters. The molecule has 0 heterocycles. The number of para-hydroxylation sites is 1. The van der Waals surface area contributed by atoms with Crippen molar-refractivity contribution in [3.63, 3.8) is 0 Å². The third kappa shape index (κ3) is 7.27. The number of benzene rings is 2. The standard InChI is InChI=1S/C21H22Cl2N4O4/c1-12(2)19(26-20(29)15-8-7-14(22)9-16(15)23)21(30)27-25-10-13-5-3-4-6-17(13)31-11-18(24)28/h3-10,12,19H,11H2,1-2H3,(H2,24,28)(H,26,29)(H,27,30). The normalized spacial score (nSPS) is 11.9. The highest BCUT2D eigenvalue weighted by Crippen LogP contribution is 2.21. The maximum Gasteiger partial charge on any atom is 0.262 e. The van der Waals surface area contributed by atoms with Crippen molar-refractivity contribution in [2.75, 3.05) is 6.61 Å². The van der Waals surface area contributed by atoms with Crippen LogP contribution in [0.2, 0.25) is 10.0 Å². The van der Waals surface area contributed by atoms with Gasteiger partial charge in [-0.1, -0.05) is 49.2 Å². The van der Waals surface area contributed by atoms with Gasteiger partial charge in [0.05, 0.1) is 16.8 Å². The summed E-state index contributed by atoms with van der Waals surface area (Å²) in [5.41, 5.74) is 8.22. The van der Waals surface area contributed by atoms with Gasteiger partial charge >= 0.3 is 0 Å². The van der Waals surface area contributed by atoms with E-state index in [0.717, 1.165) is 0 Å². The molecule has 164 valence electrons. The van der Waals surface area contributed by atoms with Crippen LogP contribution in [0, 0.1) is 5.92 Å². The second kappa shape index (κ2) is 11.3. The molecule has 0 bridgehead atoms. The lowest BCUT2D eigenvalue weighted by Crippen LogP contribution is -2.48. The average Bonchev–Trinajstić information content (AvgIpc) is 2.70. The molecule has 2 aromatic rings. The van der Waals surface area contributed by atoms with E-state index in [9.17, 15) is 14.4 Å². The second-order valence-electron chi connectivity index (χ2n) is 6.85. The zero-order chi connectivity index (χ0) is 23.0. The molecular weight excluding hydrogens is 443 g/mol. The zero-order valence-corrected chi connectivity index (χ0v) is 18.4. The van der Waals surface area contributed by atoms with E-state index < -0.39 is 23.8 Å². The van der Waals surface area contributed by atoms with Crippen LogP contribution in [0.5, 0.6) is 5.75 Å². The maximum atomic E-state index is 12.6. The number of ether oxygens (including phenoxy) is 1. The van der Waals surface area contributed by atoms with Gasteiger partial charge in [0.15, 0.2) is 6.61 Å². The second-order valence-corrected chi connectivity index (χ2v) is 7.69. The fourth-order valence-corrected chi connectivity index (χ4v) is 3.02. The predicted octanol–water partition coefficient (Wildman–Crippen LogP) is 2.76. The number of nitrogens with two attached hydrogens (primary N) is 1. The first-order valence-corrected chi connectivity index (χ1v) is 10.0. The monoisotopic (exact) mass is 464 g/mol. The van der Waals surface area contributed by atoms with Crippen molar-refractivity contribution in [2.24, 2.45) is 16.8 Å². The van der Waals surface area contributed by atoms with E-state index in [4.69, 9.17) is 33.7 Å². The van der Waals surface area contributed by atoms with Crippen LogP contribution >= 0.6 is 23.2 Å². The molecule has 0 aliphatic carbocycles. The minimum absolute atomic E-state index is 0.179. The number of carbonyl (C=O) groups is 3. The molecule has 0 radical (unpaired) electrons. The van der Waals surface area contributed by atoms with Gasteiger partial charge < -0.3 is 15.8 Å². The van der Waals surface area contributed by atoms with Crippen molar-refractivity contribution in [1.82, 2.24) is 10.7 Å². The quantitative estimate of drug-likeness (QED) is 0.389. The molecule has 4 N–H and O–H groups in total. The molecule has 10 heteroatoms. The first kappa shape index (κ1) is 24.2. The highest BCUT2D eigenvalue weighted by Gasteiger charge is 2.25. The molecule has 2 aromatic carbocycles. The van der Waals surface area contributed by atoms with E-state index in [2.05, 4.69) is 15.8 Å². The predicted molar refractivity (Wildman–Crippen MR) is 119 cm³/mol. The van der Waals surface area contributed by atoms with Gasteiger partial charge in [-0.05, 0) is 36.2 Å². The third-order valence-corrected chi connectivity index (χ3v) is 4.63. The van der Waals surface area contributed by atoms with Gasteiger partial charge in [-0.3, -0.25) is 14.4 Å². The number of nitrogens with one attached hydrogen (secondary N) is 2. The summed E-state index contributed by atoms with van der Waals surface area (Å²) in [6.07, 6.45) is 1.36. The SMILES string of the molecule is CC(C)C(NC(=O)c1ccc(Cl)cc1Cl)C(=O)NN=Cc1ccccc1OCC(N)=O. The highest BCUT2D eigenvalue weighted by molar-refractivity contribution is 6.36. The fraction of sp³-hybridized carbons (Fsp3) is 0.238. The molecule has 8 nitrogen and oxygen atoms in total. The number of carbonyl (C=O) groups excluding carboxylic acids is 3. The number of primary amides is 1. The van der Waals surface area contributed by atoms with Crippen LogP contribution in [0.25, 0.3) is 0 Å². The molecule has 0 saturated heterocycles.